The number of halogens is 2. The van der Waals surface area contributed by atoms with Gasteiger partial charge in [-0.2, -0.15) is 10.4 Å². The van der Waals surface area contributed by atoms with E-state index in [-0.39, 0.29) is 52.3 Å². The van der Waals surface area contributed by atoms with Crippen molar-refractivity contribution in [3.63, 3.8) is 0 Å². The zero-order valence-corrected chi connectivity index (χ0v) is 22.0. The van der Waals surface area contributed by atoms with E-state index < -0.39 is 23.5 Å². The van der Waals surface area contributed by atoms with Gasteiger partial charge in [0.05, 0.1) is 0 Å². The molecule has 1 radical (unpaired) electrons. The summed E-state index contributed by atoms with van der Waals surface area (Å²) in [6, 6.07) is 1.28. The van der Waals surface area contributed by atoms with Gasteiger partial charge in [0, 0.05) is 15.2 Å². The summed E-state index contributed by atoms with van der Waals surface area (Å²) >= 11 is 0. The third kappa shape index (κ3) is 3.84. The van der Waals surface area contributed by atoms with Crippen molar-refractivity contribution < 1.29 is 55.8 Å². The molecule has 25 heavy (non-hydrogen) atoms. The molecule has 0 saturated carbocycles. The molecule has 0 aromatic carbocycles. The molecular weight excluding hydrogens is 439 g/mol. The number of hydrogen-bond donors (Lipinski definition) is 0. The molecule has 1 unspecified atom stereocenters. The zero-order chi connectivity index (χ0) is 16.5. The summed E-state index contributed by atoms with van der Waals surface area (Å²) < 4.78 is 6.01. The minimum Gasteiger partial charge on any atom is -1.00 e. The van der Waals surface area contributed by atoms with Crippen molar-refractivity contribution in [2.45, 2.75) is 52.2 Å². The second-order valence-electron chi connectivity index (χ2n) is 8.27. The van der Waals surface area contributed by atoms with Crippen LogP contribution in [0, 0.1) is 6.08 Å². The summed E-state index contributed by atoms with van der Waals surface area (Å²) in [5, 5.41) is 2.84. The Bertz CT molecular complexity index is 718. The van der Waals surface area contributed by atoms with Gasteiger partial charge >= 0.3 is 21.7 Å². The SMILES string of the molecule is CC[Si](C)(C)[Si]1(C)C2=[C-]C3=CC=C(O[Si](C)(C)C)C(=O)C3=C21.[Cl-].[Cl-].[Ti+3]. The van der Waals surface area contributed by atoms with Crippen LogP contribution in [0.1, 0.15) is 6.92 Å². The Labute approximate surface area is 181 Å². The van der Waals surface area contributed by atoms with Crippen LogP contribution in [-0.4, -0.2) is 29.3 Å². The van der Waals surface area contributed by atoms with E-state index in [9.17, 15) is 4.79 Å². The summed E-state index contributed by atoms with van der Waals surface area (Å²) in [6.45, 7) is 16.1. The van der Waals surface area contributed by atoms with Crippen molar-refractivity contribution in [3.05, 3.63) is 45.5 Å². The van der Waals surface area contributed by atoms with Gasteiger partial charge in [-0.15, -0.1) is 17.7 Å². The molecule has 2 aliphatic carbocycles. The normalized spacial score (nSPS) is 23.8. The van der Waals surface area contributed by atoms with Gasteiger partial charge in [0.25, 0.3) is 0 Å². The monoisotopic (exact) mass is 463 g/mol. The first-order valence-corrected chi connectivity index (χ1v) is 18.2. The molecular formula is C17H25Cl2O2Si3Ti. The maximum absolute atomic E-state index is 12.9. The number of ketones is 1. The van der Waals surface area contributed by atoms with E-state index >= 15 is 0 Å². The molecule has 1 atom stereocenters. The van der Waals surface area contributed by atoms with Crippen LogP contribution in [0.15, 0.2) is 39.5 Å². The molecule has 0 aromatic heterocycles. The van der Waals surface area contributed by atoms with Crippen LogP contribution in [0.2, 0.25) is 45.3 Å². The zero-order valence-electron chi connectivity index (χ0n) is 15.9. The average Bonchev–Trinajstić information content (AvgIpc) is 2.82. The van der Waals surface area contributed by atoms with E-state index in [1.165, 1.54) is 16.4 Å². The number of carbonyl (C=O) groups is 1. The number of Topliss-reactive ketones (excluding diaryl/α,β-unsaturated/α-hetero) is 1. The maximum atomic E-state index is 12.9. The number of allylic oxidation sites excluding steroid dienone is 7. The summed E-state index contributed by atoms with van der Waals surface area (Å²) in [5.41, 5.74) is 1.94. The minimum atomic E-state index is -1.77. The number of hydrogen-bond acceptors (Lipinski definition) is 2. The third-order valence-corrected chi connectivity index (χ3v) is 24.1. The number of fused-ring (bicyclic) bond motifs is 2. The van der Waals surface area contributed by atoms with Gasteiger partial charge < -0.3 is 29.2 Å². The van der Waals surface area contributed by atoms with E-state index in [1.807, 2.05) is 12.2 Å². The quantitative estimate of drug-likeness (QED) is 0.365. The van der Waals surface area contributed by atoms with Crippen LogP contribution >= 0.6 is 0 Å². The first-order chi connectivity index (χ1) is 10.0. The molecule has 0 spiro atoms. The summed E-state index contributed by atoms with van der Waals surface area (Å²) in [6.07, 6.45) is 7.43. The first kappa shape index (κ1) is 25.4. The van der Waals surface area contributed by atoms with Crippen LogP contribution < -0.4 is 24.8 Å². The molecule has 135 valence electrons. The Hall–Kier alpha value is 0.375. The Morgan fingerprint density at radius 3 is 2.16 bits per heavy atom. The van der Waals surface area contributed by atoms with Crippen molar-refractivity contribution in [2.75, 3.05) is 0 Å². The van der Waals surface area contributed by atoms with Crippen molar-refractivity contribution >= 4 is 29.3 Å². The maximum Gasteiger partial charge on any atom is 3.00 e. The molecule has 8 heteroatoms. The Morgan fingerprint density at radius 1 is 1.12 bits per heavy atom. The molecule has 1 aliphatic heterocycles. The molecule has 3 aliphatic rings. The molecule has 0 amide bonds. The van der Waals surface area contributed by atoms with Crippen LogP contribution in [0.5, 0.6) is 0 Å². The molecule has 1 heterocycles. The van der Waals surface area contributed by atoms with E-state index in [4.69, 9.17) is 4.43 Å². The largest absolute Gasteiger partial charge is 3.00 e. The Morgan fingerprint density at radius 2 is 1.68 bits per heavy atom. The van der Waals surface area contributed by atoms with E-state index in [2.05, 4.69) is 52.3 Å². The minimum absolute atomic E-state index is 0. The van der Waals surface area contributed by atoms with Gasteiger partial charge in [-0.3, -0.25) is 4.79 Å². The average molecular weight is 464 g/mol. The van der Waals surface area contributed by atoms with Crippen molar-refractivity contribution in [1.82, 2.24) is 0 Å². The Kier molecular flexibility index (Phi) is 7.90. The Balaban J connectivity index is 0.00000192. The summed E-state index contributed by atoms with van der Waals surface area (Å²) in [4.78, 5) is 12.9. The number of carbonyl (C=O) groups excluding carboxylic acids is 1. The smallest absolute Gasteiger partial charge is 1.00 e. The standard InChI is InChI=1S/C17H25O2Si3.2ClH.Ti/c1-8-21(5,6)22(7)14-11-12-9-10-13(19-20(2,3)4)16(18)15(12)17(14)22;;;/h9-10H,8H2,1-7H3;2*1H;/q-1;;;+3/p-2. The molecule has 0 N–H and O–H groups in total. The topological polar surface area (TPSA) is 26.3 Å². The second-order valence-corrected chi connectivity index (χ2v) is 27.5. The fourth-order valence-electron chi connectivity index (χ4n) is 3.43. The van der Waals surface area contributed by atoms with E-state index in [0.29, 0.717) is 5.76 Å². The molecule has 0 bridgehead atoms. The molecule has 1 fully saturated rings. The predicted octanol–water partition coefficient (Wildman–Crippen LogP) is -1.75. The van der Waals surface area contributed by atoms with Crippen molar-refractivity contribution in [1.29, 1.82) is 0 Å². The van der Waals surface area contributed by atoms with Gasteiger partial charge in [0.15, 0.2) is 5.78 Å². The van der Waals surface area contributed by atoms with Crippen LogP contribution in [0.25, 0.3) is 0 Å². The van der Waals surface area contributed by atoms with Gasteiger partial charge in [0.1, 0.15) is 5.76 Å². The molecule has 1 saturated heterocycles. The van der Waals surface area contributed by atoms with Crippen molar-refractivity contribution in [3.8, 4) is 0 Å². The fourth-order valence-corrected chi connectivity index (χ4v) is 16.6. The van der Waals surface area contributed by atoms with Gasteiger partial charge in [0.2, 0.25) is 8.32 Å². The molecule has 3 rings (SSSR count). The first-order valence-electron chi connectivity index (χ1n) is 8.08. The molecule has 2 nitrogen and oxygen atoms in total. The van der Waals surface area contributed by atoms with Gasteiger partial charge in [-0.1, -0.05) is 44.3 Å². The second kappa shape index (κ2) is 7.78. The van der Waals surface area contributed by atoms with Crippen LogP contribution in [0.3, 0.4) is 0 Å². The van der Waals surface area contributed by atoms with Crippen LogP contribution in [-0.2, 0) is 30.9 Å². The molecule has 0 aromatic rings. The van der Waals surface area contributed by atoms with Crippen LogP contribution in [0.4, 0.5) is 0 Å². The van der Waals surface area contributed by atoms with Gasteiger partial charge in [-0.25, -0.2) is 0 Å². The van der Waals surface area contributed by atoms with E-state index in [1.54, 1.807) is 0 Å². The van der Waals surface area contributed by atoms with Gasteiger partial charge in [-0.05, 0) is 19.6 Å². The third-order valence-electron chi connectivity index (χ3n) is 5.47. The number of rotatable bonds is 4. The fraction of sp³-hybridized carbons (Fsp3) is 0.471. The predicted molar refractivity (Wildman–Crippen MR) is 99.0 cm³/mol. The summed E-state index contributed by atoms with van der Waals surface area (Å²) in [7, 11) is -4.58. The van der Waals surface area contributed by atoms with Crippen molar-refractivity contribution in [2.24, 2.45) is 0 Å². The summed E-state index contributed by atoms with van der Waals surface area (Å²) in [5.74, 6) is 0.655. The van der Waals surface area contributed by atoms with E-state index in [0.717, 1.165) is 11.1 Å².